The van der Waals surface area contributed by atoms with E-state index in [1.54, 1.807) is 6.07 Å². The van der Waals surface area contributed by atoms with Crippen molar-refractivity contribution in [3.8, 4) is 11.1 Å². The van der Waals surface area contributed by atoms with Gasteiger partial charge in [-0.15, -0.1) is 0 Å². The molecule has 0 N–H and O–H groups in total. The standard InChI is InChI=1S/C26H29F3/c1-2-17-6-8-18(9-7-17)10-11-19-12-14-21-20(16-19)13-15-23(25(21)28)22-4-3-5-24(27)26(22)29/h3-5,13,15-18H,2,6-12,14H2,1H3. The Morgan fingerprint density at radius 1 is 0.828 bits per heavy atom. The highest BCUT2D eigenvalue weighted by molar-refractivity contribution is 5.71. The second kappa shape index (κ2) is 8.77. The summed E-state index contributed by atoms with van der Waals surface area (Å²) in [4.78, 5) is 0. The molecule has 29 heavy (non-hydrogen) atoms. The second-order valence-electron chi connectivity index (χ2n) is 8.73. The van der Waals surface area contributed by atoms with Gasteiger partial charge >= 0.3 is 0 Å². The largest absolute Gasteiger partial charge is 0.206 e. The van der Waals surface area contributed by atoms with Crippen LogP contribution < -0.4 is 0 Å². The molecular formula is C26H29F3. The van der Waals surface area contributed by atoms with Crippen molar-refractivity contribution < 1.29 is 13.2 Å². The van der Waals surface area contributed by atoms with Crippen LogP contribution in [0.4, 0.5) is 13.2 Å². The maximum atomic E-state index is 15.1. The van der Waals surface area contributed by atoms with Gasteiger partial charge in [0.15, 0.2) is 11.6 Å². The molecule has 0 atom stereocenters. The zero-order valence-electron chi connectivity index (χ0n) is 17.1. The highest BCUT2D eigenvalue weighted by atomic mass is 19.2. The highest BCUT2D eigenvalue weighted by Crippen LogP contribution is 2.37. The first-order chi connectivity index (χ1) is 14.1. The summed E-state index contributed by atoms with van der Waals surface area (Å²) in [5.41, 5.74) is 3.03. The summed E-state index contributed by atoms with van der Waals surface area (Å²) in [5.74, 6) is -0.603. The van der Waals surface area contributed by atoms with Crippen molar-refractivity contribution in [1.29, 1.82) is 0 Å². The minimum atomic E-state index is -0.990. The molecule has 0 heterocycles. The lowest BCUT2D eigenvalue weighted by Gasteiger charge is -2.28. The zero-order chi connectivity index (χ0) is 20.4. The van der Waals surface area contributed by atoms with Gasteiger partial charge in [0.25, 0.3) is 0 Å². The third-order valence-corrected chi connectivity index (χ3v) is 6.99. The van der Waals surface area contributed by atoms with Crippen molar-refractivity contribution in [2.24, 2.45) is 11.8 Å². The maximum Gasteiger partial charge on any atom is 0.166 e. The van der Waals surface area contributed by atoms with Crippen LogP contribution in [0.1, 0.15) is 69.4 Å². The minimum Gasteiger partial charge on any atom is -0.206 e. The first-order valence-electron chi connectivity index (χ1n) is 11.0. The Hall–Kier alpha value is -2.03. The van der Waals surface area contributed by atoms with Crippen molar-refractivity contribution in [1.82, 2.24) is 0 Å². The Balaban J connectivity index is 1.48. The number of benzene rings is 2. The van der Waals surface area contributed by atoms with Gasteiger partial charge in [0, 0.05) is 11.1 Å². The fourth-order valence-electron chi connectivity index (χ4n) is 5.04. The topological polar surface area (TPSA) is 0 Å². The van der Waals surface area contributed by atoms with Crippen LogP contribution in [0.2, 0.25) is 0 Å². The number of hydrogen-bond acceptors (Lipinski definition) is 0. The third kappa shape index (κ3) is 4.29. The van der Waals surface area contributed by atoms with E-state index in [1.165, 1.54) is 56.2 Å². The zero-order valence-corrected chi connectivity index (χ0v) is 17.1. The van der Waals surface area contributed by atoms with E-state index in [4.69, 9.17) is 0 Å². The summed E-state index contributed by atoms with van der Waals surface area (Å²) in [7, 11) is 0. The van der Waals surface area contributed by atoms with Crippen LogP contribution >= 0.6 is 0 Å². The summed E-state index contributed by atoms with van der Waals surface area (Å²) in [6.07, 6.45) is 12.6. The summed E-state index contributed by atoms with van der Waals surface area (Å²) >= 11 is 0. The summed E-state index contributed by atoms with van der Waals surface area (Å²) in [6, 6.07) is 7.33. The van der Waals surface area contributed by atoms with Gasteiger partial charge < -0.3 is 0 Å². The van der Waals surface area contributed by atoms with Gasteiger partial charge in [-0.25, -0.2) is 13.2 Å². The summed E-state index contributed by atoms with van der Waals surface area (Å²) in [6.45, 7) is 2.29. The van der Waals surface area contributed by atoms with Gasteiger partial charge in [0.05, 0.1) is 0 Å². The fraction of sp³-hybridized carbons (Fsp3) is 0.462. The third-order valence-electron chi connectivity index (χ3n) is 6.99. The molecule has 3 heteroatoms. The molecule has 0 saturated heterocycles. The van der Waals surface area contributed by atoms with E-state index in [2.05, 4.69) is 13.0 Å². The monoisotopic (exact) mass is 398 g/mol. The van der Waals surface area contributed by atoms with Gasteiger partial charge in [-0.05, 0) is 54.7 Å². The number of allylic oxidation sites excluding steroid dienone is 1. The van der Waals surface area contributed by atoms with E-state index < -0.39 is 17.5 Å². The Morgan fingerprint density at radius 3 is 2.31 bits per heavy atom. The summed E-state index contributed by atoms with van der Waals surface area (Å²) in [5, 5.41) is 0. The molecule has 1 saturated carbocycles. The van der Waals surface area contributed by atoms with E-state index in [9.17, 15) is 8.78 Å². The van der Waals surface area contributed by atoms with Crippen LogP contribution in [0, 0.1) is 29.3 Å². The van der Waals surface area contributed by atoms with E-state index in [1.807, 2.05) is 6.07 Å². The number of halogens is 3. The predicted molar refractivity (Wildman–Crippen MR) is 113 cm³/mol. The predicted octanol–water partition coefficient (Wildman–Crippen LogP) is 8.10. The fourth-order valence-corrected chi connectivity index (χ4v) is 5.04. The number of hydrogen-bond donors (Lipinski definition) is 0. The average molecular weight is 399 g/mol. The Morgan fingerprint density at radius 2 is 1.55 bits per heavy atom. The molecule has 0 aromatic heterocycles. The van der Waals surface area contributed by atoms with Crippen molar-refractivity contribution in [3.63, 3.8) is 0 Å². The Labute approximate surface area is 171 Å². The van der Waals surface area contributed by atoms with Gasteiger partial charge in [-0.1, -0.05) is 74.9 Å². The summed E-state index contributed by atoms with van der Waals surface area (Å²) < 4.78 is 42.8. The molecule has 0 spiro atoms. The maximum absolute atomic E-state index is 15.1. The lowest BCUT2D eigenvalue weighted by molar-refractivity contribution is 0.258. The van der Waals surface area contributed by atoms with Crippen molar-refractivity contribution in [2.75, 3.05) is 0 Å². The van der Waals surface area contributed by atoms with Crippen molar-refractivity contribution in [3.05, 3.63) is 64.5 Å². The molecule has 0 radical (unpaired) electrons. The van der Waals surface area contributed by atoms with Gasteiger partial charge in [-0.3, -0.25) is 0 Å². The highest BCUT2D eigenvalue weighted by Gasteiger charge is 2.23. The van der Waals surface area contributed by atoms with E-state index in [-0.39, 0.29) is 11.1 Å². The molecule has 0 nitrogen and oxygen atoms in total. The van der Waals surface area contributed by atoms with Crippen LogP contribution in [-0.2, 0) is 6.42 Å². The quantitative estimate of drug-likeness (QED) is 0.477. The molecule has 2 aromatic carbocycles. The molecule has 2 aliphatic carbocycles. The number of fused-ring (bicyclic) bond motifs is 1. The van der Waals surface area contributed by atoms with Crippen molar-refractivity contribution in [2.45, 2.75) is 64.7 Å². The van der Waals surface area contributed by atoms with Gasteiger partial charge in [0.2, 0.25) is 0 Å². The molecule has 0 amide bonds. The molecule has 1 fully saturated rings. The average Bonchev–Trinajstić information content (AvgIpc) is 2.75. The lowest BCUT2D eigenvalue weighted by Crippen LogP contribution is -2.14. The Kier molecular flexibility index (Phi) is 6.12. The molecule has 4 rings (SSSR count). The van der Waals surface area contributed by atoms with E-state index in [0.29, 0.717) is 12.0 Å². The van der Waals surface area contributed by atoms with Crippen molar-refractivity contribution >= 4 is 6.08 Å². The number of rotatable bonds is 5. The molecule has 154 valence electrons. The van der Waals surface area contributed by atoms with Crippen LogP contribution in [0.5, 0.6) is 0 Å². The first kappa shape index (κ1) is 20.3. The van der Waals surface area contributed by atoms with E-state index in [0.717, 1.165) is 36.3 Å². The molecule has 2 aromatic rings. The van der Waals surface area contributed by atoms with Crippen LogP contribution in [0.25, 0.3) is 17.2 Å². The molecule has 0 bridgehead atoms. The second-order valence-corrected chi connectivity index (χ2v) is 8.73. The van der Waals surface area contributed by atoms with Crippen LogP contribution in [0.15, 0.2) is 35.9 Å². The molecule has 2 aliphatic rings. The molecule has 0 unspecified atom stereocenters. The van der Waals surface area contributed by atoms with Crippen LogP contribution in [0.3, 0.4) is 0 Å². The van der Waals surface area contributed by atoms with E-state index >= 15 is 4.39 Å². The smallest absolute Gasteiger partial charge is 0.166 e. The lowest BCUT2D eigenvalue weighted by atomic mass is 9.78. The van der Waals surface area contributed by atoms with Crippen LogP contribution in [-0.4, -0.2) is 0 Å². The van der Waals surface area contributed by atoms with Gasteiger partial charge in [0.1, 0.15) is 5.82 Å². The van der Waals surface area contributed by atoms with Gasteiger partial charge in [-0.2, -0.15) is 0 Å². The first-order valence-corrected chi connectivity index (χ1v) is 11.0. The normalized spacial score (nSPS) is 21.6. The minimum absolute atomic E-state index is 0.0113. The molecular weight excluding hydrogens is 369 g/mol. The molecule has 0 aliphatic heterocycles. The Bertz CT molecular complexity index is 904. The SMILES string of the molecule is CCC1CCC(CCC2=Cc3ccc(-c4cccc(F)c4F)c(F)c3CC2)CC1.